The summed E-state index contributed by atoms with van der Waals surface area (Å²) in [5.41, 5.74) is 7.28. The van der Waals surface area contributed by atoms with Crippen LogP contribution in [0, 0.1) is 0 Å². The normalized spacial score (nSPS) is 11.5. The number of hydrogen-bond acceptors (Lipinski definition) is 4. The summed E-state index contributed by atoms with van der Waals surface area (Å²) in [5, 5.41) is 7.72. The number of rotatable bonds is 5. The zero-order chi connectivity index (χ0) is 30.5. The highest BCUT2D eigenvalue weighted by molar-refractivity contribution is 6.25. The van der Waals surface area contributed by atoms with Crippen molar-refractivity contribution in [2.24, 2.45) is 0 Å². The van der Waals surface area contributed by atoms with Gasteiger partial charge in [0.25, 0.3) is 0 Å². The highest BCUT2D eigenvalue weighted by atomic mass is 15.0. The molecule has 9 aromatic rings. The third-order valence-electron chi connectivity index (χ3n) is 8.77. The van der Waals surface area contributed by atoms with Crippen LogP contribution in [0.3, 0.4) is 0 Å². The zero-order valence-electron chi connectivity index (χ0n) is 24.8. The summed E-state index contributed by atoms with van der Waals surface area (Å²) < 4.78 is 0. The van der Waals surface area contributed by atoms with Gasteiger partial charge >= 0.3 is 0 Å². The zero-order valence-corrected chi connectivity index (χ0v) is 24.8. The molecule has 0 aliphatic rings. The summed E-state index contributed by atoms with van der Waals surface area (Å²) in [6.45, 7) is 0. The summed E-state index contributed by atoms with van der Waals surface area (Å²) in [4.78, 5) is 19.2. The van der Waals surface area contributed by atoms with Crippen molar-refractivity contribution in [3.63, 3.8) is 0 Å². The Morgan fingerprint density at radius 1 is 0.348 bits per heavy atom. The van der Waals surface area contributed by atoms with Crippen molar-refractivity contribution in [1.82, 2.24) is 19.9 Å². The lowest BCUT2D eigenvalue weighted by Gasteiger charge is -2.14. The Balaban J connectivity index is 1.15. The van der Waals surface area contributed by atoms with E-state index < -0.39 is 0 Å². The molecule has 7 aromatic carbocycles. The first-order chi connectivity index (χ1) is 22.8. The van der Waals surface area contributed by atoms with Gasteiger partial charge in [0.15, 0.2) is 17.5 Å². The number of benzene rings is 7. The average Bonchev–Trinajstić information content (AvgIpc) is 3.14. The lowest BCUT2D eigenvalue weighted by atomic mass is 9.90. The average molecular weight is 587 g/mol. The second-order valence-electron chi connectivity index (χ2n) is 11.5. The van der Waals surface area contributed by atoms with Gasteiger partial charge in [0.05, 0.1) is 0 Å². The molecule has 0 unspecified atom stereocenters. The topological polar surface area (TPSA) is 51.6 Å². The molecule has 0 saturated heterocycles. The van der Waals surface area contributed by atoms with E-state index in [2.05, 4.69) is 102 Å². The standard InChI is InChI=1S/C42H26N4/c1-2-7-31(8-3-1)40-44-41(46-42(45-40)34-12-5-11-33(25-34)35-13-6-24-43-26-35)32-18-14-27(15-19-32)36-22-20-30-17-16-28-9-4-10-29-21-23-37(36)39(30)38(28)29/h1-26H. The van der Waals surface area contributed by atoms with E-state index in [0.29, 0.717) is 17.5 Å². The Morgan fingerprint density at radius 3 is 1.65 bits per heavy atom. The molecule has 4 nitrogen and oxygen atoms in total. The summed E-state index contributed by atoms with van der Waals surface area (Å²) >= 11 is 0. The SMILES string of the molecule is c1ccc(-c2nc(-c3ccc(-c4ccc5ccc6cccc7ccc4c5c67)cc3)nc(-c3cccc(-c4cccnc4)c3)n2)cc1. The van der Waals surface area contributed by atoms with E-state index in [9.17, 15) is 0 Å². The van der Waals surface area contributed by atoms with Crippen LogP contribution in [-0.4, -0.2) is 19.9 Å². The summed E-state index contributed by atoms with van der Waals surface area (Å²) in [5.74, 6) is 1.91. The summed E-state index contributed by atoms with van der Waals surface area (Å²) in [6, 6.07) is 50.9. The predicted molar refractivity (Wildman–Crippen MR) is 189 cm³/mol. The van der Waals surface area contributed by atoms with Gasteiger partial charge in [-0.3, -0.25) is 4.98 Å². The van der Waals surface area contributed by atoms with Gasteiger partial charge in [-0.25, -0.2) is 15.0 Å². The lowest BCUT2D eigenvalue weighted by Crippen LogP contribution is -2.00. The van der Waals surface area contributed by atoms with Crippen LogP contribution in [0.2, 0.25) is 0 Å². The Hall–Kier alpha value is -6.26. The minimum Gasteiger partial charge on any atom is -0.264 e. The molecule has 0 aliphatic heterocycles. The molecule has 4 heteroatoms. The molecule has 0 spiro atoms. The van der Waals surface area contributed by atoms with Crippen LogP contribution in [0.5, 0.6) is 0 Å². The monoisotopic (exact) mass is 586 g/mol. The quantitative estimate of drug-likeness (QED) is 0.188. The van der Waals surface area contributed by atoms with Gasteiger partial charge in [0.2, 0.25) is 0 Å². The Kier molecular flexibility index (Phi) is 6.10. The third-order valence-corrected chi connectivity index (χ3v) is 8.77. The molecule has 0 aliphatic carbocycles. The maximum Gasteiger partial charge on any atom is 0.164 e. The molecule has 0 N–H and O–H groups in total. The van der Waals surface area contributed by atoms with Crippen molar-refractivity contribution in [2.45, 2.75) is 0 Å². The number of hydrogen-bond donors (Lipinski definition) is 0. The molecule has 9 rings (SSSR count). The van der Waals surface area contributed by atoms with Crippen LogP contribution in [0.4, 0.5) is 0 Å². The fraction of sp³-hybridized carbons (Fsp3) is 0. The van der Waals surface area contributed by atoms with E-state index >= 15 is 0 Å². The van der Waals surface area contributed by atoms with Gasteiger partial charge in [-0.2, -0.15) is 0 Å². The molecule has 214 valence electrons. The van der Waals surface area contributed by atoms with Gasteiger partial charge in [-0.05, 0) is 61.1 Å². The molecule has 0 saturated carbocycles. The summed E-state index contributed by atoms with van der Waals surface area (Å²) in [6.07, 6.45) is 3.66. The molecule has 2 aromatic heterocycles. The van der Waals surface area contributed by atoms with Gasteiger partial charge in [0.1, 0.15) is 0 Å². The largest absolute Gasteiger partial charge is 0.264 e. The first kappa shape index (κ1) is 26.2. The molecule has 0 fully saturated rings. The number of nitrogens with zero attached hydrogens (tertiary/aromatic N) is 4. The van der Waals surface area contributed by atoms with Crippen molar-refractivity contribution in [3.8, 4) is 56.4 Å². The van der Waals surface area contributed by atoms with Crippen LogP contribution >= 0.6 is 0 Å². The molecule has 2 heterocycles. The Labute approximate surface area is 266 Å². The fourth-order valence-corrected chi connectivity index (χ4v) is 6.51. The van der Waals surface area contributed by atoms with Crippen LogP contribution in [0.1, 0.15) is 0 Å². The van der Waals surface area contributed by atoms with Crippen LogP contribution in [-0.2, 0) is 0 Å². The van der Waals surface area contributed by atoms with Crippen LogP contribution < -0.4 is 0 Å². The molecule has 0 radical (unpaired) electrons. The van der Waals surface area contributed by atoms with E-state index in [1.54, 1.807) is 6.20 Å². The van der Waals surface area contributed by atoms with Gasteiger partial charge in [-0.15, -0.1) is 0 Å². The van der Waals surface area contributed by atoms with Crippen LogP contribution in [0.15, 0.2) is 158 Å². The minimum atomic E-state index is 0.630. The molecular formula is C42H26N4. The van der Waals surface area contributed by atoms with E-state index in [4.69, 9.17) is 15.0 Å². The minimum absolute atomic E-state index is 0.630. The van der Waals surface area contributed by atoms with Gasteiger partial charge in [0, 0.05) is 34.6 Å². The highest BCUT2D eigenvalue weighted by Gasteiger charge is 2.15. The second kappa shape index (κ2) is 10.7. The third kappa shape index (κ3) is 4.47. The Morgan fingerprint density at radius 2 is 0.913 bits per heavy atom. The van der Waals surface area contributed by atoms with Crippen molar-refractivity contribution in [1.29, 1.82) is 0 Å². The maximum atomic E-state index is 5.00. The number of pyridine rings is 1. The maximum absolute atomic E-state index is 5.00. The number of aromatic nitrogens is 4. The smallest absolute Gasteiger partial charge is 0.164 e. The second-order valence-corrected chi connectivity index (χ2v) is 11.5. The van der Waals surface area contributed by atoms with E-state index in [0.717, 1.165) is 33.4 Å². The van der Waals surface area contributed by atoms with Crippen molar-refractivity contribution >= 4 is 32.3 Å². The van der Waals surface area contributed by atoms with E-state index in [-0.39, 0.29) is 0 Å². The fourth-order valence-electron chi connectivity index (χ4n) is 6.51. The van der Waals surface area contributed by atoms with Crippen molar-refractivity contribution in [2.75, 3.05) is 0 Å². The van der Waals surface area contributed by atoms with Crippen molar-refractivity contribution < 1.29 is 0 Å². The molecule has 0 atom stereocenters. The molecular weight excluding hydrogens is 560 g/mol. The first-order valence-electron chi connectivity index (χ1n) is 15.4. The van der Waals surface area contributed by atoms with E-state index in [1.807, 2.05) is 54.7 Å². The molecule has 0 bridgehead atoms. The van der Waals surface area contributed by atoms with E-state index in [1.165, 1.54) is 37.9 Å². The predicted octanol–water partition coefficient (Wildman–Crippen LogP) is 10.5. The lowest BCUT2D eigenvalue weighted by molar-refractivity contribution is 1.07. The van der Waals surface area contributed by atoms with Crippen LogP contribution in [0.25, 0.3) is 88.7 Å². The summed E-state index contributed by atoms with van der Waals surface area (Å²) in [7, 11) is 0. The van der Waals surface area contributed by atoms with Gasteiger partial charge < -0.3 is 0 Å². The molecule has 0 amide bonds. The van der Waals surface area contributed by atoms with Gasteiger partial charge in [-0.1, -0.05) is 133 Å². The van der Waals surface area contributed by atoms with Crippen molar-refractivity contribution in [3.05, 3.63) is 158 Å². The molecule has 46 heavy (non-hydrogen) atoms. The highest BCUT2D eigenvalue weighted by Crippen LogP contribution is 2.39. The first-order valence-corrected chi connectivity index (χ1v) is 15.4. The Bertz CT molecular complexity index is 2490.